The van der Waals surface area contributed by atoms with Crippen LogP contribution in [0.1, 0.15) is 77.2 Å². The molecule has 4 amide bonds. The summed E-state index contributed by atoms with van der Waals surface area (Å²) in [4.78, 5) is 71.4. The van der Waals surface area contributed by atoms with Crippen LogP contribution in [0.25, 0.3) is 16.0 Å². The van der Waals surface area contributed by atoms with Crippen molar-refractivity contribution in [3.8, 4) is 0 Å². The second-order valence-corrected chi connectivity index (χ2v) is 10.6. The Morgan fingerprint density at radius 3 is 2.29 bits per heavy atom. The van der Waals surface area contributed by atoms with Gasteiger partial charge in [-0.15, -0.1) is 12.2 Å². The van der Waals surface area contributed by atoms with E-state index in [4.69, 9.17) is 4.74 Å². The molecule has 14 heteroatoms. The van der Waals surface area contributed by atoms with Crippen LogP contribution in [0.15, 0.2) is 24.3 Å². The Hall–Kier alpha value is 1.82. The van der Waals surface area contributed by atoms with Crippen molar-refractivity contribution in [3.63, 3.8) is 0 Å². The summed E-state index contributed by atoms with van der Waals surface area (Å²) in [6, 6.07) is 6.23. The molecule has 232 valence electrons. The van der Waals surface area contributed by atoms with E-state index < -0.39 is 24.2 Å². The zero-order valence-electron chi connectivity index (χ0n) is 27.8. The van der Waals surface area contributed by atoms with Gasteiger partial charge >= 0.3 is 175 Å². The fraction of sp³-hybridized carbons (Fsp3) is 0.613. The molecule has 0 aromatic heterocycles. The van der Waals surface area contributed by atoms with Crippen LogP contribution < -0.4 is 180 Å². The van der Waals surface area contributed by atoms with E-state index in [2.05, 4.69) is 21.3 Å². The van der Waals surface area contributed by atoms with Crippen LogP contribution in [0.4, 0.5) is 10.5 Å². The summed E-state index contributed by atoms with van der Waals surface area (Å²) in [5.74, 6) is -1.53. The van der Waals surface area contributed by atoms with Gasteiger partial charge in [0.25, 0.3) is 0 Å². The number of hydrogen-bond acceptors (Lipinski definition) is 7. The number of benzene rings is 1. The molecule has 0 aliphatic heterocycles. The van der Waals surface area contributed by atoms with Crippen LogP contribution in [-0.4, -0.2) is 68.0 Å². The molecule has 1 N–H and O–H groups in total. The van der Waals surface area contributed by atoms with E-state index in [-0.39, 0.29) is 223 Å². The van der Waals surface area contributed by atoms with Crippen LogP contribution in [0.5, 0.6) is 0 Å². The Morgan fingerprint density at radius 2 is 1.62 bits per heavy atom. The van der Waals surface area contributed by atoms with E-state index in [1.807, 2.05) is 6.92 Å². The molecule has 1 aromatic rings. The summed E-state index contributed by atoms with van der Waals surface area (Å²) in [6.07, 6.45) is 5.57. The number of ketones is 3. The number of carbonyl (C=O) groups is 6. The van der Waals surface area contributed by atoms with Gasteiger partial charge in [0.1, 0.15) is 17.3 Å². The third-order valence-corrected chi connectivity index (χ3v) is 7.07. The minimum atomic E-state index is -0.619. The minimum Gasteiger partial charge on any atom is -0.651 e. The standard InChI is InChI=1S/C31H46N4O7.3Rb/c1-22(23(2)36)8-5-6-15-33-31(41)34-16-7-18-42-19-17-32-29(39)21-30(40)35-25-13-11-24(12-14-25)20-28(38)26-9-3-4-10-27(26)37;;;/h11-14,22,26H,3-10,15-21H2,1-2H3,(H4,32,33,34,35,39,40,41);;;/q;3*+1/p-3. The summed E-state index contributed by atoms with van der Waals surface area (Å²) >= 11 is 0. The average molecular weight is 840 g/mol. The summed E-state index contributed by atoms with van der Waals surface area (Å²) in [5.41, 5.74) is 1.12. The third kappa shape index (κ3) is 23.0. The van der Waals surface area contributed by atoms with Crippen molar-refractivity contribution in [3.05, 3.63) is 45.8 Å². The van der Waals surface area contributed by atoms with Gasteiger partial charge in [0.15, 0.2) is 6.03 Å². The second-order valence-electron chi connectivity index (χ2n) is 10.6. The van der Waals surface area contributed by atoms with Crippen molar-refractivity contribution < 1.29 is 208 Å². The largest absolute Gasteiger partial charge is 1.00 e. The number of Topliss-reactive ketones (excluding diaryl/α,β-unsaturated/α-hetero) is 3. The maximum absolute atomic E-state index is 12.5. The van der Waals surface area contributed by atoms with Crippen molar-refractivity contribution in [1.29, 1.82) is 0 Å². The zero-order chi connectivity index (χ0) is 30.7. The Bertz CT molecular complexity index is 1070. The first-order valence-electron chi connectivity index (χ1n) is 14.8. The number of nitrogens with zero attached hydrogens (tertiary/aromatic N) is 3. The van der Waals surface area contributed by atoms with Crippen molar-refractivity contribution in [1.82, 2.24) is 5.32 Å². The number of hydrogen-bond donors (Lipinski definition) is 1. The zero-order valence-corrected chi connectivity index (χ0v) is 42.5. The smallest absolute Gasteiger partial charge is 0.651 e. The number of carbonyl (C=O) groups excluding carboxylic acids is 6. The summed E-state index contributed by atoms with van der Waals surface area (Å²) in [5, 5.41) is 14.3. The van der Waals surface area contributed by atoms with Gasteiger partial charge in [0, 0.05) is 38.4 Å². The second kappa shape index (κ2) is 29.5. The van der Waals surface area contributed by atoms with Gasteiger partial charge in [-0.2, -0.15) is 0 Å². The van der Waals surface area contributed by atoms with E-state index >= 15 is 0 Å². The molecule has 2 unspecified atom stereocenters. The summed E-state index contributed by atoms with van der Waals surface area (Å²) in [7, 11) is 0. The Kier molecular flexibility index (Phi) is 32.1. The van der Waals surface area contributed by atoms with Crippen molar-refractivity contribution >= 4 is 40.9 Å². The molecule has 1 saturated carbocycles. The average Bonchev–Trinajstić information content (AvgIpc) is 2.95. The molecule has 1 aliphatic rings. The number of ether oxygens (including phenoxy) is 1. The van der Waals surface area contributed by atoms with Crippen LogP contribution in [0.2, 0.25) is 0 Å². The molecular formula is C31H43N4O7Rb3. The SMILES string of the molecule is CC(=O)C(C)CCCCNC(=O)[N-]CCCOCC[N-]C(=O)CC(=O)[N-]c1ccc(CC(=O)C2CCCCC2=O)cc1.[Rb+].[Rb+].[Rb+]. The molecule has 2 rings (SSSR count). The molecule has 1 aromatic carbocycles. The fourth-order valence-corrected chi connectivity index (χ4v) is 4.42. The van der Waals surface area contributed by atoms with Crippen molar-refractivity contribution in [2.45, 2.75) is 78.1 Å². The van der Waals surface area contributed by atoms with Gasteiger partial charge in [0.2, 0.25) is 0 Å². The van der Waals surface area contributed by atoms with Crippen LogP contribution >= 0.6 is 0 Å². The van der Waals surface area contributed by atoms with E-state index in [1.54, 1.807) is 31.2 Å². The first kappa shape index (κ1) is 48.9. The quantitative estimate of drug-likeness (QED) is 0.111. The maximum Gasteiger partial charge on any atom is 1.00 e. The van der Waals surface area contributed by atoms with Crippen LogP contribution in [0.3, 0.4) is 0 Å². The molecule has 2 atom stereocenters. The fourth-order valence-electron chi connectivity index (χ4n) is 4.42. The molecular weight excluding hydrogens is 797 g/mol. The van der Waals surface area contributed by atoms with E-state index in [0.29, 0.717) is 44.6 Å². The van der Waals surface area contributed by atoms with Crippen LogP contribution in [-0.2, 0) is 35.1 Å². The molecule has 0 heterocycles. The molecule has 45 heavy (non-hydrogen) atoms. The molecule has 0 radical (unpaired) electrons. The van der Waals surface area contributed by atoms with Gasteiger partial charge in [-0.25, -0.2) is 0 Å². The Labute approximate surface area is 414 Å². The number of amides is 4. The molecule has 1 fully saturated rings. The summed E-state index contributed by atoms with van der Waals surface area (Å²) < 4.78 is 5.39. The molecule has 1 aliphatic carbocycles. The number of nitrogens with one attached hydrogen (secondary N) is 1. The third-order valence-electron chi connectivity index (χ3n) is 7.07. The summed E-state index contributed by atoms with van der Waals surface area (Å²) in [6.45, 7) is 5.00. The van der Waals surface area contributed by atoms with Gasteiger partial charge in [-0.05, 0) is 44.7 Å². The number of urea groups is 1. The molecule has 11 nitrogen and oxygen atoms in total. The molecule has 0 saturated heterocycles. The van der Waals surface area contributed by atoms with Gasteiger partial charge < -0.3 is 35.6 Å². The van der Waals surface area contributed by atoms with Gasteiger partial charge in [-0.3, -0.25) is 19.2 Å². The van der Waals surface area contributed by atoms with E-state index in [9.17, 15) is 28.8 Å². The van der Waals surface area contributed by atoms with E-state index in [1.165, 1.54) is 0 Å². The van der Waals surface area contributed by atoms with Gasteiger partial charge in [-0.1, -0.05) is 57.0 Å². The van der Waals surface area contributed by atoms with E-state index in [0.717, 1.165) is 37.7 Å². The first-order chi connectivity index (χ1) is 20.2. The van der Waals surface area contributed by atoms with Gasteiger partial charge in [0.05, 0.1) is 17.7 Å². The van der Waals surface area contributed by atoms with Crippen molar-refractivity contribution in [2.75, 3.05) is 32.8 Å². The predicted molar refractivity (Wildman–Crippen MR) is 159 cm³/mol. The number of unbranched alkanes of at least 4 members (excludes halogenated alkanes) is 1. The first-order valence-corrected chi connectivity index (χ1v) is 14.8. The van der Waals surface area contributed by atoms with Crippen LogP contribution in [0, 0.1) is 11.8 Å². The molecule has 0 spiro atoms. The topological polar surface area (TPSA) is 166 Å². The van der Waals surface area contributed by atoms with Crippen molar-refractivity contribution in [2.24, 2.45) is 11.8 Å². The number of rotatable bonds is 19. The maximum atomic E-state index is 12.5. The monoisotopic (exact) mass is 838 g/mol. The Balaban J connectivity index is 0. The normalized spacial score (nSPS) is 14.4. The predicted octanol–water partition coefficient (Wildman–Crippen LogP) is -3.72. The Morgan fingerprint density at radius 1 is 0.911 bits per heavy atom. The molecule has 0 bridgehead atoms. The minimum absolute atomic E-state index is 0.